The quantitative estimate of drug-likeness (QED) is 0.284. The number of carbonyl (C=O) groups excluding carboxylic acids is 1. The van der Waals surface area contributed by atoms with E-state index in [1.165, 1.54) is 24.8 Å². The normalized spacial score (nSPS) is 15.8. The van der Waals surface area contributed by atoms with E-state index in [1.54, 1.807) is 0 Å². The first-order valence-corrected chi connectivity index (χ1v) is 11.5. The van der Waals surface area contributed by atoms with Crippen LogP contribution in [-0.4, -0.2) is 30.8 Å². The molecule has 1 aliphatic carbocycles. The van der Waals surface area contributed by atoms with Gasteiger partial charge in [0.1, 0.15) is 6.10 Å². The third kappa shape index (κ3) is 5.96. The Kier molecular flexibility index (Phi) is 7.89. The summed E-state index contributed by atoms with van der Waals surface area (Å²) < 4.78 is 6.21. The number of aliphatic imine (C=N–C) groups is 1. The number of aryl methyl sites for hydroxylation is 3. The third-order valence-corrected chi connectivity index (χ3v) is 6.37. The lowest BCUT2D eigenvalue weighted by Gasteiger charge is -2.30. The average molecular weight is 421 g/mol. The predicted molar refractivity (Wildman–Crippen MR) is 128 cm³/mol. The Bertz CT molecular complexity index is 912. The van der Waals surface area contributed by atoms with Gasteiger partial charge in [0.15, 0.2) is 0 Å². The van der Waals surface area contributed by atoms with E-state index in [-0.39, 0.29) is 12.1 Å². The molecule has 0 aromatic heterocycles. The van der Waals surface area contributed by atoms with Crippen molar-refractivity contribution in [1.29, 1.82) is 0 Å². The lowest BCUT2D eigenvalue weighted by Crippen LogP contribution is -2.22. The number of rotatable bonds is 7. The number of hydrogen-bond acceptors (Lipinski definition) is 3. The van der Waals surface area contributed by atoms with Crippen LogP contribution in [-0.2, 0) is 4.74 Å². The second-order valence-electron chi connectivity index (χ2n) is 8.91. The van der Waals surface area contributed by atoms with Crippen molar-refractivity contribution in [3.8, 4) is 0 Å². The van der Waals surface area contributed by atoms with Gasteiger partial charge < -0.3 is 9.64 Å². The van der Waals surface area contributed by atoms with Crippen molar-refractivity contribution in [2.24, 2.45) is 10.9 Å². The number of esters is 1. The summed E-state index contributed by atoms with van der Waals surface area (Å²) in [6.07, 6.45) is 7.56. The molecule has 0 saturated heterocycles. The molecule has 4 heteroatoms. The Morgan fingerprint density at radius 2 is 1.77 bits per heavy atom. The highest BCUT2D eigenvalue weighted by Gasteiger charge is 2.29. The van der Waals surface area contributed by atoms with Crippen molar-refractivity contribution in [2.75, 3.05) is 13.6 Å². The molecule has 0 amide bonds. The molecule has 2 aromatic rings. The standard InChI is InChI=1S/C27H36N2O2/c1-6-29(5)18-28-25-17-20(3)24(16-21(25)4)27(30)31-26(22-10-8-7-9-11-22)23-14-12-19(2)13-15-23/h12-18,22,26H,6-11H2,1-5H3/b28-18+. The monoisotopic (exact) mass is 420 g/mol. The molecule has 0 radical (unpaired) electrons. The molecule has 1 unspecified atom stereocenters. The Labute approximate surface area is 187 Å². The number of benzene rings is 2. The van der Waals surface area contributed by atoms with Crippen LogP contribution in [0.3, 0.4) is 0 Å². The van der Waals surface area contributed by atoms with Gasteiger partial charge in [-0.2, -0.15) is 0 Å². The Morgan fingerprint density at radius 3 is 2.42 bits per heavy atom. The summed E-state index contributed by atoms with van der Waals surface area (Å²) in [5, 5.41) is 0. The van der Waals surface area contributed by atoms with Crippen molar-refractivity contribution in [1.82, 2.24) is 4.90 Å². The highest BCUT2D eigenvalue weighted by atomic mass is 16.5. The average Bonchev–Trinajstić information content (AvgIpc) is 2.78. The van der Waals surface area contributed by atoms with Gasteiger partial charge in [0.05, 0.1) is 17.6 Å². The molecule has 0 spiro atoms. The third-order valence-electron chi connectivity index (χ3n) is 6.37. The molecule has 31 heavy (non-hydrogen) atoms. The van der Waals surface area contributed by atoms with Crippen molar-refractivity contribution in [2.45, 2.75) is 65.9 Å². The van der Waals surface area contributed by atoms with Crippen LogP contribution >= 0.6 is 0 Å². The fourth-order valence-electron chi connectivity index (χ4n) is 4.21. The van der Waals surface area contributed by atoms with Gasteiger partial charge in [-0.05, 0) is 69.4 Å². The van der Waals surface area contributed by atoms with E-state index in [0.29, 0.717) is 11.5 Å². The minimum atomic E-state index is -0.238. The first-order chi connectivity index (χ1) is 14.9. The topological polar surface area (TPSA) is 41.9 Å². The zero-order valence-corrected chi connectivity index (χ0v) is 19.6. The van der Waals surface area contributed by atoms with E-state index in [2.05, 4.69) is 43.1 Å². The Hall–Kier alpha value is -2.62. The molecular weight excluding hydrogens is 384 g/mol. The van der Waals surface area contributed by atoms with Crippen LogP contribution < -0.4 is 0 Å². The Balaban J connectivity index is 1.84. The first kappa shape index (κ1) is 23.1. The van der Waals surface area contributed by atoms with Crippen LogP contribution in [0.2, 0.25) is 0 Å². The Morgan fingerprint density at radius 1 is 1.10 bits per heavy atom. The SMILES string of the molecule is CCN(C)/C=N/c1cc(C)c(C(=O)OC(c2ccc(C)cc2)C2CCCCC2)cc1C. The molecular formula is C27H36N2O2. The van der Waals surface area contributed by atoms with E-state index in [9.17, 15) is 4.79 Å². The molecule has 1 aliphatic rings. The molecule has 1 fully saturated rings. The smallest absolute Gasteiger partial charge is 0.339 e. The van der Waals surface area contributed by atoms with Crippen LogP contribution in [0, 0.1) is 26.7 Å². The van der Waals surface area contributed by atoms with Crippen molar-refractivity contribution >= 4 is 18.0 Å². The molecule has 3 rings (SSSR count). The number of nitrogens with zero attached hydrogens (tertiary/aromatic N) is 2. The molecule has 1 atom stereocenters. The van der Waals surface area contributed by atoms with Crippen LogP contribution in [0.4, 0.5) is 5.69 Å². The van der Waals surface area contributed by atoms with Gasteiger partial charge in [-0.1, -0.05) is 49.1 Å². The lowest BCUT2D eigenvalue weighted by molar-refractivity contribution is 0.00661. The maximum atomic E-state index is 13.3. The molecule has 4 nitrogen and oxygen atoms in total. The molecule has 0 bridgehead atoms. The molecule has 0 heterocycles. The highest BCUT2D eigenvalue weighted by molar-refractivity contribution is 5.92. The summed E-state index contributed by atoms with van der Waals surface area (Å²) in [6.45, 7) is 9.01. The zero-order chi connectivity index (χ0) is 22.4. The van der Waals surface area contributed by atoms with Crippen LogP contribution in [0.1, 0.15) is 77.7 Å². The van der Waals surface area contributed by atoms with Gasteiger partial charge in [-0.15, -0.1) is 0 Å². The fraction of sp³-hybridized carbons (Fsp3) is 0.481. The van der Waals surface area contributed by atoms with Gasteiger partial charge in [-0.3, -0.25) is 0 Å². The van der Waals surface area contributed by atoms with E-state index in [1.807, 2.05) is 44.3 Å². The lowest BCUT2D eigenvalue weighted by atomic mass is 9.82. The predicted octanol–water partition coefficient (Wildman–Crippen LogP) is 6.70. The van der Waals surface area contributed by atoms with Crippen molar-refractivity contribution in [3.05, 3.63) is 64.2 Å². The first-order valence-electron chi connectivity index (χ1n) is 11.5. The molecule has 2 aromatic carbocycles. The van der Waals surface area contributed by atoms with Gasteiger partial charge in [0.2, 0.25) is 0 Å². The second-order valence-corrected chi connectivity index (χ2v) is 8.91. The summed E-state index contributed by atoms with van der Waals surface area (Å²) in [7, 11) is 1.99. The summed E-state index contributed by atoms with van der Waals surface area (Å²) >= 11 is 0. The molecule has 0 aliphatic heterocycles. The van der Waals surface area contributed by atoms with Gasteiger partial charge in [0, 0.05) is 19.5 Å². The maximum absolute atomic E-state index is 13.3. The number of carbonyl (C=O) groups is 1. The molecule has 1 saturated carbocycles. The largest absolute Gasteiger partial charge is 0.454 e. The summed E-state index contributed by atoms with van der Waals surface area (Å²) in [5.74, 6) is 0.146. The highest BCUT2D eigenvalue weighted by Crippen LogP contribution is 2.38. The van der Waals surface area contributed by atoms with Crippen molar-refractivity contribution in [3.63, 3.8) is 0 Å². The van der Waals surface area contributed by atoms with E-state index < -0.39 is 0 Å². The van der Waals surface area contributed by atoms with E-state index in [0.717, 1.165) is 41.8 Å². The van der Waals surface area contributed by atoms with Gasteiger partial charge in [0.25, 0.3) is 0 Å². The maximum Gasteiger partial charge on any atom is 0.339 e. The summed E-state index contributed by atoms with van der Waals surface area (Å²) in [6, 6.07) is 12.3. The minimum absolute atomic E-state index is 0.191. The molecule has 166 valence electrons. The fourth-order valence-corrected chi connectivity index (χ4v) is 4.21. The number of hydrogen-bond donors (Lipinski definition) is 0. The zero-order valence-electron chi connectivity index (χ0n) is 19.6. The second kappa shape index (κ2) is 10.6. The number of ether oxygens (including phenoxy) is 1. The summed E-state index contributed by atoms with van der Waals surface area (Å²) in [5.41, 5.74) is 5.71. The van der Waals surface area contributed by atoms with Crippen LogP contribution in [0.25, 0.3) is 0 Å². The molecule has 0 N–H and O–H groups in total. The van der Waals surface area contributed by atoms with E-state index in [4.69, 9.17) is 4.74 Å². The van der Waals surface area contributed by atoms with Crippen LogP contribution in [0.15, 0.2) is 41.4 Å². The minimum Gasteiger partial charge on any atom is -0.454 e. The van der Waals surface area contributed by atoms with Gasteiger partial charge in [-0.25, -0.2) is 9.79 Å². The van der Waals surface area contributed by atoms with Crippen LogP contribution in [0.5, 0.6) is 0 Å². The van der Waals surface area contributed by atoms with Gasteiger partial charge >= 0.3 is 5.97 Å². The van der Waals surface area contributed by atoms with Crippen molar-refractivity contribution < 1.29 is 9.53 Å². The summed E-state index contributed by atoms with van der Waals surface area (Å²) in [4.78, 5) is 19.9. The van der Waals surface area contributed by atoms with E-state index >= 15 is 0 Å².